The van der Waals surface area contributed by atoms with Gasteiger partial charge in [0.25, 0.3) is 0 Å². The van der Waals surface area contributed by atoms with E-state index >= 15 is 0 Å². The molecule has 5 atom stereocenters. The fourth-order valence-electron chi connectivity index (χ4n) is 4.75. The van der Waals surface area contributed by atoms with E-state index in [2.05, 4.69) is 29.5 Å². The summed E-state index contributed by atoms with van der Waals surface area (Å²) in [7, 11) is 1.67. The predicted molar refractivity (Wildman–Crippen MR) is 102 cm³/mol. The zero-order valence-electron chi connectivity index (χ0n) is 15.0. The van der Waals surface area contributed by atoms with Gasteiger partial charge in [-0.25, -0.2) is 0 Å². The third-order valence-electron chi connectivity index (χ3n) is 6.09. The lowest BCUT2D eigenvalue weighted by molar-refractivity contribution is -0.183. The Hall–Kier alpha value is -0.250. The highest BCUT2D eigenvalue weighted by molar-refractivity contribution is 14.0. The molecule has 146 valence electrons. The molecule has 1 heterocycles. The Morgan fingerprint density at radius 1 is 1.16 bits per heavy atom. The van der Waals surface area contributed by atoms with Crippen LogP contribution in [0.5, 0.6) is 0 Å². The number of aliphatic imine (C=N–C) groups is 1. The van der Waals surface area contributed by atoms with Crippen LogP contribution in [0.2, 0.25) is 0 Å². The third-order valence-corrected chi connectivity index (χ3v) is 6.09. The Morgan fingerprint density at radius 3 is 2.52 bits per heavy atom. The minimum Gasteiger partial charge on any atom is -0.377 e. The van der Waals surface area contributed by atoms with Crippen molar-refractivity contribution in [2.75, 3.05) is 13.7 Å². The van der Waals surface area contributed by atoms with Crippen molar-refractivity contribution in [3.8, 4) is 0 Å². The summed E-state index contributed by atoms with van der Waals surface area (Å²) in [6.45, 7) is 5.13. The van der Waals surface area contributed by atoms with Crippen molar-refractivity contribution in [2.24, 2.45) is 22.2 Å². The van der Waals surface area contributed by atoms with Crippen LogP contribution in [-0.4, -0.2) is 44.0 Å². The van der Waals surface area contributed by atoms with E-state index in [4.69, 9.17) is 4.74 Å². The number of nitrogens with one attached hydrogen (secondary N) is 2. The Bertz CT molecular complexity index is 498. The molecule has 0 aromatic rings. The Kier molecular flexibility index (Phi) is 6.55. The molecule has 2 aliphatic carbocycles. The first-order valence-electron chi connectivity index (χ1n) is 8.91. The number of halogens is 4. The molecule has 0 spiro atoms. The smallest absolute Gasteiger partial charge is 0.377 e. The summed E-state index contributed by atoms with van der Waals surface area (Å²) in [5, 5.41) is 6.67. The first-order chi connectivity index (χ1) is 11.2. The van der Waals surface area contributed by atoms with Crippen LogP contribution in [0.4, 0.5) is 13.2 Å². The summed E-state index contributed by atoms with van der Waals surface area (Å²) in [6, 6.07) is 0.0774. The molecular formula is C17H29F3IN3O. The topological polar surface area (TPSA) is 45.7 Å². The number of hydrogen-bond donors (Lipinski definition) is 2. The van der Waals surface area contributed by atoms with Gasteiger partial charge >= 0.3 is 6.18 Å². The van der Waals surface area contributed by atoms with Gasteiger partial charge in [0, 0.05) is 37.1 Å². The minimum absolute atomic E-state index is 0. The molecule has 25 heavy (non-hydrogen) atoms. The van der Waals surface area contributed by atoms with Crippen molar-refractivity contribution in [1.29, 1.82) is 0 Å². The van der Waals surface area contributed by atoms with E-state index in [0.29, 0.717) is 18.3 Å². The average molecular weight is 475 g/mol. The molecule has 0 bridgehead atoms. The number of alkyl halides is 3. The molecule has 0 amide bonds. The van der Waals surface area contributed by atoms with Crippen molar-refractivity contribution in [3.63, 3.8) is 0 Å². The number of rotatable bonds is 2. The van der Waals surface area contributed by atoms with E-state index in [0.717, 1.165) is 19.4 Å². The van der Waals surface area contributed by atoms with Crippen LogP contribution < -0.4 is 10.6 Å². The summed E-state index contributed by atoms with van der Waals surface area (Å²) in [5.74, 6) is -0.117. The predicted octanol–water partition coefficient (Wildman–Crippen LogP) is 3.70. The summed E-state index contributed by atoms with van der Waals surface area (Å²) in [4.78, 5) is 4.24. The molecule has 1 saturated heterocycles. The van der Waals surface area contributed by atoms with Crippen molar-refractivity contribution in [3.05, 3.63) is 0 Å². The molecule has 5 unspecified atom stereocenters. The molecule has 3 rings (SSSR count). The molecule has 2 saturated carbocycles. The van der Waals surface area contributed by atoms with Gasteiger partial charge in [0.15, 0.2) is 5.96 Å². The quantitative estimate of drug-likeness (QED) is 0.364. The maximum atomic E-state index is 13.0. The van der Waals surface area contributed by atoms with Gasteiger partial charge in [-0.15, -0.1) is 24.0 Å². The second-order valence-electron chi connectivity index (χ2n) is 8.01. The summed E-state index contributed by atoms with van der Waals surface area (Å²) in [6.07, 6.45) is -1.05. The molecule has 3 aliphatic rings. The summed E-state index contributed by atoms with van der Waals surface area (Å²) < 4.78 is 44.7. The van der Waals surface area contributed by atoms with E-state index in [-0.39, 0.29) is 60.4 Å². The SMILES string of the molecule is CN=C(NC1CCCC(C(F)(F)F)C1)NC1C2CCOC2C1(C)C.I. The Morgan fingerprint density at radius 2 is 1.88 bits per heavy atom. The van der Waals surface area contributed by atoms with Gasteiger partial charge in [-0.2, -0.15) is 13.2 Å². The summed E-state index contributed by atoms with van der Waals surface area (Å²) >= 11 is 0. The highest BCUT2D eigenvalue weighted by Crippen LogP contribution is 2.52. The van der Waals surface area contributed by atoms with Gasteiger partial charge in [-0.05, 0) is 25.7 Å². The van der Waals surface area contributed by atoms with E-state index in [1.54, 1.807) is 7.05 Å². The van der Waals surface area contributed by atoms with Crippen LogP contribution in [0.1, 0.15) is 46.0 Å². The zero-order chi connectivity index (χ0) is 17.5. The van der Waals surface area contributed by atoms with Gasteiger partial charge in [-0.1, -0.05) is 20.3 Å². The monoisotopic (exact) mass is 475 g/mol. The maximum absolute atomic E-state index is 13.0. The number of guanidine groups is 1. The minimum atomic E-state index is -4.10. The van der Waals surface area contributed by atoms with Crippen LogP contribution in [0.3, 0.4) is 0 Å². The molecule has 4 nitrogen and oxygen atoms in total. The van der Waals surface area contributed by atoms with Crippen LogP contribution in [0.15, 0.2) is 4.99 Å². The number of hydrogen-bond acceptors (Lipinski definition) is 2. The first kappa shape index (κ1) is 21.1. The average Bonchev–Trinajstić information content (AvgIpc) is 2.97. The molecule has 0 aromatic carbocycles. The number of nitrogens with zero attached hydrogens (tertiary/aromatic N) is 1. The molecule has 0 radical (unpaired) electrons. The molecule has 3 fully saturated rings. The van der Waals surface area contributed by atoms with Crippen molar-refractivity contribution >= 4 is 29.9 Å². The molecule has 0 aromatic heterocycles. The fraction of sp³-hybridized carbons (Fsp3) is 0.941. The van der Waals surface area contributed by atoms with E-state index in [9.17, 15) is 13.2 Å². The highest BCUT2D eigenvalue weighted by atomic mass is 127. The zero-order valence-corrected chi connectivity index (χ0v) is 17.4. The lowest BCUT2D eigenvalue weighted by atomic mass is 9.57. The van der Waals surface area contributed by atoms with Crippen LogP contribution >= 0.6 is 24.0 Å². The lowest BCUT2D eigenvalue weighted by Crippen LogP contribution is -2.68. The van der Waals surface area contributed by atoms with Crippen molar-refractivity contribution in [2.45, 2.75) is 70.3 Å². The molecule has 1 aliphatic heterocycles. The largest absolute Gasteiger partial charge is 0.391 e. The van der Waals surface area contributed by atoms with E-state index < -0.39 is 12.1 Å². The van der Waals surface area contributed by atoms with Gasteiger partial charge in [0.05, 0.1) is 12.0 Å². The van der Waals surface area contributed by atoms with Crippen LogP contribution in [-0.2, 0) is 4.74 Å². The van der Waals surface area contributed by atoms with Crippen molar-refractivity contribution in [1.82, 2.24) is 10.6 Å². The van der Waals surface area contributed by atoms with Gasteiger partial charge in [0.1, 0.15) is 0 Å². The van der Waals surface area contributed by atoms with Gasteiger partial charge in [-0.3, -0.25) is 4.99 Å². The number of ether oxygens (including phenoxy) is 1. The fourth-order valence-corrected chi connectivity index (χ4v) is 4.75. The highest BCUT2D eigenvalue weighted by Gasteiger charge is 2.59. The lowest BCUT2D eigenvalue weighted by Gasteiger charge is -2.55. The first-order valence-corrected chi connectivity index (χ1v) is 8.91. The molecular weight excluding hydrogens is 446 g/mol. The number of fused-ring (bicyclic) bond motifs is 1. The third kappa shape index (κ3) is 4.20. The van der Waals surface area contributed by atoms with Crippen LogP contribution in [0, 0.1) is 17.3 Å². The second-order valence-corrected chi connectivity index (χ2v) is 8.01. The van der Waals surface area contributed by atoms with Gasteiger partial charge < -0.3 is 15.4 Å². The maximum Gasteiger partial charge on any atom is 0.391 e. The second kappa shape index (κ2) is 7.78. The normalized spacial score (nSPS) is 37.5. The Labute approximate surface area is 164 Å². The van der Waals surface area contributed by atoms with Gasteiger partial charge in [0.2, 0.25) is 0 Å². The molecule has 2 N–H and O–H groups in total. The summed E-state index contributed by atoms with van der Waals surface area (Å²) in [5.41, 5.74) is 0.0137. The molecule has 8 heteroatoms. The standard InChI is InChI=1S/C17H28F3N3O.HI/c1-16(2)13(12-7-8-24-14(12)16)23-15(21-3)22-11-6-4-5-10(9-11)17(18,19)20;/h10-14H,4-9H2,1-3H3,(H2,21,22,23);1H. The van der Waals surface area contributed by atoms with Crippen LogP contribution in [0.25, 0.3) is 0 Å². The van der Waals surface area contributed by atoms with E-state index in [1.807, 2.05) is 0 Å². The van der Waals surface area contributed by atoms with Crippen molar-refractivity contribution < 1.29 is 17.9 Å². The van der Waals surface area contributed by atoms with E-state index in [1.165, 1.54) is 0 Å². The Balaban J connectivity index is 0.00000225.